The summed E-state index contributed by atoms with van der Waals surface area (Å²) in [5, 5.41) is 0. The Bertz CT molecular complexity index is 173. The number of allylic oxidation sites excluding steroid dienone is 1. The van der Waals surface area contributed by atoms with Crippen molar-refractivity contribution in [3.05, 3.63) is 24.7 Å². The highest BCUT2D eigenvalue weighted by Gasteiger charge is 1.97. The molecule has 0 saturated heterocycles. The van der Waals surface area contributed by atoms with E-state index in [0.29, 0.717) is 25.3 Å². The van der Waals surface area contributed by atoms with Crippen molar-refractivity contribution in [2.45, 2.75) is 13.3 Å². The number of hydrogen-bond acceptors (Lipinski definition) is 3. The maximum absolute atomic E-state index is 10.1. The van der Waals surface area contributed by atoms with Crippen molar-refractivity contribution in [1.82, 2.24) is 0 Å². The predicted octanol–water partition coefficient (Wildman–Crippen LogP) is 1.66. The highest BCUT2D eigenvalue weighted by atomic mass is 16.5. The summed E-state index contributed by atoms with van der Waals surface area (Å²) < 4.78 is 9.97. The summed E-state index contributed by atoms with van der Waals surface area (Å²) in [7, 11) is 0. The zero-order valence-corrected chi connectivity index (χ0v) is 7.34. The van der Waals surface area contributed by atoms with Crippen LogP contribution in [0.2, 0.25) is 0 Å². The van der Waals surface area contributed by atoms with Crippen LogP contribution in [-0.4, -0.2) is 19.5 Å². The minimum absolute atomic E-state index is 0.0556. The second-order valence-corrected chi connectivity index (χ2v) is 2.28. The molecule has 0 saturated carbocycles. The van der Waals surface area contributed by atoms with Crippen molar-refractivity contribution >= 4 is 6.29 Å². The lowest BCUT2D eigenvalue weighted by Crippen LogP contribution is -2.02. The van der Waals surface area contributed by atoms with E-state index in [1.54, 1.807) is 0 Å². The first-order valence-corrected chi connectivity index (χ1v) is 3.78. The van der Waals surface area contributed by atoms with Gasteiger partial charge in [-0.2, -0.15) is 0 Å². The maximum atomic E-state index is 10.1. The Kier molecular flexibility index (Phi) is 6.01. The number of ether oxygens (including phenoxy) is 2. The Morgan fingerprint density at radius 3 is 2.67 bits per heavy atom. The van der Waals surface area contributed by atoms with Gasteiger partial charge < -0.3 is 9.47 Å². The average Bonchev–Trinajstić information content (AvgIpc) is 2.05. The SMILES string of the molecule is C=C(C=O)OC(=C)COCCC. The molecule has 0 fully saturated rings. The fourth-order valence-corrected chi connectivity index (χ4v) is 0.569. The third kappa shape index (κ3) is 5.68. The van der Waals surface area contributed by atoms with Crippen molar-refractivity contribution in [2.75, 3.05) is 13.2 Å². The summed E-state index contributed by atoms with van der Waals surface area (Å²) in [4.78, 5) is 10.1. The number of carbonyl (C=O) groups excluding carboxylic acids is 1. The molecule has 0 rings (SSSR count). The van der Waals surface area contributed by atoms with Gasteiger partial charge >= 0.3 is 0 Å². The molecule has 0 bridgehead atoms. The van der Waals surface area contributed by atoms with Crippen molar-refractivity contribution in [1.29, 1.82) is 0 Å². The molecule has 3 nitrogen and oxygen atoms in total. The van der Waals surface area contributed by atoms with Gasteiger partial charge in [-0.3, -0.25) is 4.79 Å². The van der Waals surface area contributed by atoms with Gasteiger partial charge in [-0.05, 0) is 6.42 Å². The van der Waals surface area contributed by atoms with E-state index >= 15 is 0 Å². The summed E-state index contributed by atoms with van der Waals surface area (Å²) in [6.07, 6.45) is 1.48. The third-order valence-corrected chi connectivity index (χ3v) is 1.02. The molecule has 0 N–H and O–H groups in total. The molecule has 0 aliphatic rings. The second kappa shape index (κ2) is 6.61. The molecule has 0 atom stereocenters. The van der Waals surface area contributed by atoms with Crippen LogP contribution in [0.5, 0.6) is 0 Å². The van der Waals surface area contributed by atoms with Gasteiger partial charge in [0.05, 0.1) is 0 Å². The van der Waals surface area contributed by atoms with E-state index in [1.165, 1.54) is 0 Å². The highest BCUT2D eigenvalue weighted by Crippen LogP contribution is 2.00. The summed E-state index contributed by atoms with van der Waals surface area (Å²) >= 11 is 0. The van der Waals surface area contributed by atoms with Gasteiger partial charge in [-0.15, -0.1) is 0 Å². The van der Waals surface area contributed by atoms with Gasteiger partial charge in [0.15, 0.2) is 12.0 Å². The Morgan fingerprint density at radius 2 is 2.17 bits per heavy atom. The Hall–Kier alpha value is -1.09. The second-order valence-electron chi connectivity index (χ2n) is 2.28. The lowest BCUT2D eigenvalue weighted by Gasteiger charge is -2.06. The van der Waals surface area contributed by atoms with Crippen LogP contribution in [0.4, 0.5) is 0 Å². The Morgan fingerprint density at radius 1 is 1.50 bits per heavy atom. The van der Waals surface area contributed by atoms with Crippen molar-refractivity contribution in [3.8, 4) is 0 Å². The molecule has 0 aliphatic carbocycles. The topological polar surface area (TPSA) is 35.5 Å². The highest BCUT2D eigenvalue weighted by molar-refractivity contribution is 5.69. The average molecular weight is 170 g/mol. The van der Waals surface area contributed by atoms with Crippen molar-refractivity contribution in [2.24, 2.45) is 0 Å². The monoisotopic (exact) mass is 170 g/mol. The first-order valence-electron chi connectivity index (χ1n) is 3.78. The zero-order chi connectivity index (χ0) is 9.40. The number of hydrogen-bond donors (Lipinski definition) is 0. The standard InChI is InChI=1S/C9H14O3/c1-4-5-11-7-9(3)12-8(2)6-10/h6H,2-5,7H2,1H3. The molecule has 0 amide bonds. The van der Waals surface area contributed by atoms with Crippen LogP contribution < -0.4 is 0 Å². The van der Waals surface area contributed by atoms with E-state index in [0.717, 1.165) is 6.42 Å². The van der Waals surface area contributed by atoms with E-state index in [9.17, 15) is 4.79 Å². The quantitative estimate of drug-likeness (QED) is 0.252. The normalized spacial score (nSPS) is 9.08. The first kappa shape index (κ1) is 10.9. The molecule has 0 spiro atoms. The van der Waals surface area contributed by atoms with Crippen molar-refractivity contribution in [3.63, 3.8) is 0 Å². The maximum Gasteiger partial charge on any atom is 0.184 e. The molecule has 3 heteroatoms. The van der Waals surface area contributed by atoms with Crippen LogP contribution in [0.15, 0.2) is 24.7 Å². The fraction of sp³-hybridized carbons (Fsp3) is 0.444. The molecule has 0 aromatic heterocycles. The molecule has 68 valence electrons. The van der Waals surface area contributed by atoms with Gasteiger partial charge in [0.1, 0.15) is 12.4 Å². The smallest absolute Gasteiger partial charge is 0.184 e. The van der Waals surface area contributed by atoms with E-state index in [1.807, 2.05) is 6.92 Å². The zero-order valence-electron chi connectivity index (χ0n) is 7.34. The van der Waals surface area contributed by atoms with Crippen molar-refractivity contribution < 1.29 is 14.3 Å². The van der Waals surface area contributed by atoms with Crippen LogP contribution in [0, 0.1) is 0 Å². The van der Waals surface area contributed by atoms with Gasteiger partial charge in [-0.25, -0.2) is 0 Å². The van der Waals surface area contributed by atoms with Crippen LogP contribution in [0.25, 0.3) is 0 Å². The molecule has 0 aliphatic heterocycles. The molecule has 0 aromatic rings. The minimum Gasteiger partial charge on any atom is -0.457 e. The van der Waals surface area contributed by atoms with Crippen LogP contribution in [0.1, 0.15) is 13.3 Å². The van der Waals surface area contributed by atoms with Gasteiger partial charge in [0.2, 0.25) is 0 Å². The molecule has 0 aromatic carbocycles. The Labute approximate surface area is 72.7 Å². The molecule has 0 radical (unpaired) electrons. The lowest BCUT2D eigenvalue weighted by atomic mass is 10.5. The summed E-state index contributed by atoms with van der Waals surface area (Å²) in [6, 6.07) is 0. The lowest BCUT2D eigenvalue weighted by molar-refractivity contribution is -0.107. The molecule has 12 heavy (non-hydrogen) atoms. The molecule has 0 heterocycles. The van der Waals surface area contributed by atoms with Crippen LogP contribution >= 0.6 is 0 Å². The van der Waals surface area contributed by atoms with E-state index in [-0.39, 0.29) is 5.76 Å². The Balaban J connectivity index is 3.46. The van der Waals surface area contributed by atoms with Gasteiger partial charge in [-0.1, -0.05) is 20.1 Å². The number of carbonyl (C=O) groups is 1. The molecular formula is C9H14O3. The van der Waals surface area contributed by atoms with Crippen LogP contribution in [-0.2, 0) is 14.3 Å². The molecular weight excluding hydrogens is 156 g/mol. The van der Waals surface area contributed by atoms with Crippen LogP contribution in [0.3, 0.4) is 0 Å². The molecule has 0 unspecified atom stereocenters. The minimum atomic E-state index is 0.0556. The van der Waals surface area contributed by atoms with Gasteiger partial charge in [0, 0.05) is 6.61 Å². The van der Waals surface area contributed by atoms with E-state index in [2.05, 4.69) is 13.2 Å². The summed E-state index contributed by atoms with van der Waals surface area (Å²) in [6.45, 7) is 9.86. The number of rotatable bonds is 7. The van der Waals surface area contributed by atoms with E-state index in [4.69, 9.17) is 9.47 Å². The summed E-state index contributed by atoms with van der Waals surface area (Å²) in [5.74, 6) is 0.459. The third-order valence-electron chi connectivity index (χ3n) is 1.02. The number of aldehydes is 1. The van der Waals surface area contributed by atoms with Gasteiger partial charge in [0.25, 0.3) is 0 Å². The predicted molar refractivity (Wildman–Crippen MR) is 46.5 cm³/mol. The fourth-order valence-electron chi connectivity index (χ4n) is 0.569. The first-order chi connectivity index (χ1) is 5.70. The van der Waals surface area contributed by atoms with E-state index < -0.39 is 0 Å². The summed E-state index contributed by atoms with van der Waals surface area (Å²) in [5.41, 5.74) is 0. The largest absolute Gasteiger partial charge is 0.457 e.